The zero-order chi connectivity index (χ0) is 12.6. The molecule has 0 unspecified atom stereocenters. The molecule has 0 aromatic rings. The molecule has 0 spiro atoms. The van der Waals surface area contributed by atoms with Crippen molar-refractivity contribution in [2.45, 2.75) is 84.0 Å². The first-order chi connectivity index (χ1) is 8.41. The summed E-state index contributed by atoms with van der Waals surface area (Å²) in [6.07, 6.45) is 15.8. The zero-order valence-corrected chi connectivity index (χ0v) is 13.2. The molecular weight excluding hydrogens is 272 g/mol. The van der Waals surface area contributed by atoms with Crippen LogP contribution < -0.4 is 0 Å². The Hall–Kier alpha value is 0.0400. The van der Waals surface area contributed by atoms with Gasteiger partial charge < -0.3 is 0 Å². The van der Waals surface area contributed by atoms with E-state index in [0.29, 0.717) is 0 Å². The van der Waals surface area contributed by atoms with Gasteiger partial charge in [-0.3, -0.25) is 0 Å². The van der Waals surface area contributed by atoms with Gasteiger partial charge in [0.05, 0.1) is 0 Å². The standard InChI is InChI=1S/C16H29Br/c1-2-3-4-5-6-7-8-9-10-11-12-13-14-15-16-17/h2-7,10-16H2,1H3. The zero-order valence-electron chi connectivity index (χ0n) is 11.6. The summed E-state index contributed by atoms with van der Waals surface area (Å²) in [5.74, 6) is 6.61. The van der Waals surface area contributed by atoms with Crippen LogP contribution >= 0.6 is 15.9 Å². The minimum Gasteiger partial charge on any atom is -0.103 e. The van der Waals surface area contributed by atoms with Crippen molar-refractivity contribution >= 4 is 15.9 Å². The lowest BCUT2D eigenvalue weighted by atomic mass is 10.1. The molecule has 0 atom stereocenters. The summed E-state index contributed by atoms with van der Waals surface area (Å²) in [5.41, 5.74) is 0. The quantitative estimate of drug-likeness (QED) is 0.246. The smallest absolute Gasteiger partial charge is 0.00886 e. The summed E-state index contributed by atoms with van der Waals surface area (Å²) < 4.78 is 0. The van der Waals surface area contributed by atoms with Crippen LogP contribution in [0.5, 0.6) is 0 Å². The normalized spacial score (nSPS) is 10.0. The lowest BCUT2D eigenvalue weighted by Gasteiger charge is -1.96. The molecule has 1 heteroatoms. The number of rotatable bonds is 11. The number of hydrogen-bond acceptors (Lipinski definition) is 0. The molecule has 0 aliphatic rings. The highest BCUT2D eigenvalue weighted by molar-refractivity contribution is 9.09. The third-order valence-electron chi connectivity index (χ3n) is 2.97. The van der Waals surface area contributed by atoms with E-state index in [0.717, 1.165) is 18.2 Å². The van der Waals surface area contributed by atoms with Crippen LogP contribution in [0.15, 0.2) is 0 Å². The van der Waals surface area contributed by atoms with E-state index in [9.17, 15) is 0 Å². The second kappa shape index (κ2) is 16.0. The molecule has 0 bridgehead atoms. The van der Waals surface area contributed by atoms with Crippen molar-refractivity contribution in [3.8, 4) is 11.8 Å². The lowest BCUT2D eigenvalue weighted by molar-refractivity contribution is 0.639. The highest BCUT2D eigenvalue weighted by Crippen LogP contribution is 2.06. The van der Waals surface area contributed by atoms with Gasteiger partial charge in [-0.1, -0.05) is 67.8 Å². The largest absolute Gasteiger partial charge is 0.103 e. The van der Waals surface area contributed by atoms with Crippen LogP contribution in [0.25, 0.3) is 0 Å². The maximum absolute atomic E-state index is 3.46. The molecular formula is C16H29Br. The molecule has 0 saturated carbocycles. The van der Waals surface area contributed by atoms with E-state index in [1.54, 1.807) is 0 Å². The summed E-state index contributed by atoms with van der Waals surface area (Å²) in [4.78, 5) is 0. The van der Waals surface area contributed by atoms with Crippen molar-refractivity contribution in [1.82, 2.24) is 0 Å². The summed E-state index contributed by atoms with van der Waals surface area (Å²) in [6.45, 7) is 2.26. The molecule has 0 N–H and O–H groups in total. The summed E-state index contributed by atoms with van der Waals surface area (Å²) in [5, 5.41) is 1.16. The van der Waals surface area contributed by atoms with Crippen LogP contribution in [0, 0.1) is 11.8 Å². The van der Waals surface area contributed by atoms with Gasteiger partial charge in [-0.15, -0.1) is 11.8 Å². The summed E-state index contributed by atoms with van der Waals surface area (Å²) in [6, 6.07) is 0. The molecule has 0 nitrogen and oxygen atoms in total. The van der Waals surface area contributed by atoms with Crippen LogP contribution in [-0.4, -0.2) is 5.33 Å². The van der Waals surface area contributed by atoms with E-state index in [-0.39, 0.29) is 0 Å². The van der Waals surface area contributed by atoms with E-state index in [2.05, 4.69) is 34.7 Å². The van der Waals surface area contributed by atoms with Gasteiger partial charge in [-0.2, -0.15) is 0 Å². The van der Waals surface area contributed by atoms with E-state index >= 15 is 0 Å². The Balaban J connectivity index is 3.04. The van der Waals surface area contributed by atoms with Gasteiger partial charge in [0, 0.05) is 18.2 Å². The van der Waals surface area contributed by atoms with Gasteiger partial charge in [0.15, 0.2) is 0 Å². The van der Waals surface area contributed by atoms with Crippen LogP contribution in [0.1, 0.15) is 84.0 Å². The van der Waals surface area contributed by atoms with Crippen molar-refractivity contribution in [2.24, 2.45) is 0 Å². The van der Waals surface area contributed by atoms with Crippen molar-refractivity contribution in [1.29, 1.82) is 0 Å². The van der Waals surface area contributed by atoms with Crippen LogP contribution in [0.2, 0.25) is 0 Å². The predicted octanol–water partition coefficient (Wildman–Crippen LogP) is 6.09. The number of halogens is 1. The first-order valence-electron chi connectivity index (χ1n) is 7.43. The van der Waals surface area contributed by atoms with E-state index in [4.69, 9.17) is 0 Å². The molecule has 0 fully saturated rings. The summed E-state index contributed by atoms with van der Waals surface area (Å²) >= 11 is 3.46. The highest BCUT2D eigenvalue weighted by atomic mass is 79.9. The van der Waals surface area contributed by atoms with Crippen molar-refractivity contribution in [3.05, 3.63) is 0 Å². The van der Waals surface area contributed by atoms with Crippen LogP contribution in [-0.2, 0) is 0 Å². The van der Waals surface area contributed by atoms with Gasteiger partial charge in [0.25, 0.3) is 0 Å². The number of alkyl halides is 1. The Morgan fingerprint density at radius 1 is 0.647 bits per heavy atom. The van der Waals surface area contributed by atoms with Gasteiger partial charge in [0.2, 0.25) is 0 Å². The van der Waals surface area contributed by atoms with Gasteiger partial charge in [-0.25, -0.2) is 0 Å². The molecule has 0 aliphatic heterocycles. The molecule has 17 heavy (non-hydrogen) atoms. The first-order valence-corrected chi connectivity index (χ1v) is 8.55. The minimum absolute atomic E-state index is 1.11. The third-order valence-corrected chi connectivity index (χ3v) is 3.53. The fraction of sp³-hybridized carbons (Fsp3) is 0.875. The fourth-order valence-corrected chi connectivity index (χ4v) is 2.23. The second-order valence-electron chi connectivity index (χ2n) is 4.72. The molecule has 0 heterocycles. The molecule has 0 aromatic carbocycles. The Labute approximate surface area is 117 Å². The molecule has 0 aliphatic carbocycles. The summed E-state index contributed by atoms with van der Waals surface area (Å²) in [7, 11) is 0. The Morgan fingerprint density at radius 2 is 1.12 bits per heavy atom. The lowest BCUT2D eigenvalue weighted by Crippen LogP contribution is -1.79. The van der Waals surface area contributed by atoms with Crippen LogP contribution in [0.3, 0.4) is 0 Å². The highest BCUT2D eigenvalue weighted by Gasteiger charge is 1.88. The predicted molar refractivity (Wildman–Crippen MR) is 82.6 cm³/mol. The molecule has 0 radical (unpaired) electrons. The Kier molecular flexibility index (Phi) is 16.1. The van der Waals surface area contributed by atoms with E-state index < -0.39 is 0 Å². The average Bonchev–Trinajstić information content (AvgIpc) is 2.35. The third kappa shape index (κ3) is 16.0. The molecule has 0 saturated heterocycles. The maximum atomic E-state index is 3.46. The number of unbranched alkanes of at least 4 members (excludes halogenated alkanes) is 10. The minimum atomic E-state index is 1.11. The fourth-order valence-electron chi connectivity index (χ4n) is 1.83. The first kappa shape index (κ1) is 17.0. The maximum Gasteiger partial charge on any atom is 0.00886 e. The van der Waals surface area contributed by atoms with Crippen molar-refractivity contribution < 1.29 is 0 Å². The molecule has 100 valence electrons. The Morgan fingerprint density at radius 3 is 1.65 bits per heavy atom. The van der Waals surface area contributed by atoms with Crippen molar-refractivity contribution in [3.63, 3.8) is 0 Å². The SMILES string of the molecule is CCCCCCCC#CCCCCCCCBr. The second-order valence-corrected chi connectivity index (χ2v) is 5.52. The van der Waals surface area contributed by atoms with Crippen LogP contribution in [0.4, 0.5) is 0 Å². The molecule has 0 aromatic heterocycles. The number of hydrogen-bond donors (Lipinski definition) is 0. The van der Waals surface area contributed by atoms with E-state index in [1.165, 1.54) is 64.2 Å². The van der Waals surface area contributed by atoms with Gasteiger partial charge >= 0.3 is 0 Å². The monoisotopic (exact) mass is 300 g/mol. The van der Waals surface area contributed by atoms with E-state index in [1.807, 2.05) is 0 Å². The van der Waals surface area contributed by atoms with Crippen molar-refractivity contribution in [2.75, 3.05) is 5.33 Å². The molecule has 0 rings (SSSR count). The van der Waals surface area contributed by atoms with Gasteiger partial charge in [0.1, 0.15) is 0 Å². The topological polar surface area (TPSA) is 0 Å². The average molecular weight is 301 g/mol. The van der Waals surface area contributed by atoms with Gasteiger partial charge in [-0.05, 0) is 19.3 Å². The Bertz CT molecular complexity index is 187. The molecule has 0 amide bonds.